The summed E-state index contributed by atoms with van der Waals surface area (Å²) >= 11 is 1.75. The Labute approximate surface area is 252 Å². The number of hydrogen-bond donors (Lipinski definition) is 3. The molecule has 1 spiro atoms. The molecule has 0 unspecified atom stereocenters. The fraction of sp³-hybridized carbons (Fsp3) is 0.542. The van der Waals surface area contributed by atoms with Crippen molar-refractivity contribution >= 4 is 29.2 Å². The second kappa shape index (κ2) is 17.2. The second-order valence-corrected chi connectivity index (χ2v) is 10.2. The van der Waals surface area contributed by atoms with E-state index in [2.05, 4.69) is 31.2 Å². The molecule has 2 aromatic rings. The number of ether oxygens (including phenoxy) is 1. The van der Waals surface area contributed by atoms with Gasteiger partial charge in [0.25, 0.3) is 0 Å². The van der Waals surface area contributed by atoms with E-state index in [0.29, 0.717) is 0 Å². The largest absolute Gasteiger partial charge is 0.490 e. The zero-order valence-corrected chi connectivity index (χ0v) is 23.7. The zero-order valence-electron chi connectivity index (χ0n) is 22.9. The van der Waals surface area contributed by atoms with Gasteiger partial charge in [0.1, 0.15) is 5.01 Å². The quantitative estimate of drug-likeness (QED) is 0.395. The van der Waals surface area contributed by atoms with Gasteiger partial charge < -0.3 is 20.1 Å². The minimum absolute atomic E-state index is 0.0426. The van der Waals surface area contributed by atoms with Gasteiger partial charge in [0.05, 0.1) is 18.8 Å². The molecular weight excluding hydrogens is 659 g/mol. The van der Waals surface area contributed by atoms with E-state index in [1.54, 1.807) is 11.3 Å². The highest BCUT2D eigenvalue weighted by molar-refractivity contribution is 7.09. The maximum absolute atomic E-state index is 10.6. The molecule has 4 heterocycles. The molecule has 0 saturated carbocycles. The molecule has 2 aliphatic heterocycles. The normalized spacial score (nSPS) is 17.0. The standard InChI is InChI=1S/C18H24N4OS.3C2HF3O2/c1-2-16(12-19-5-1)13-21-7-3-18(4-8-21)15-22(9-10-23-18)14-17-20-6-11-24-17;3*3-2(4,5)1(6)7/h1-2,5-6,11-12H,3-4,7-10,13-15H2;3*(H,6,7). The lowest BCUT2D eigenvalue weighted by atomic mass is 9.89. The fourth-order valence-corrected chi connectivity index (χ4v) is 4.41. The van der Waals surface area contributed by atoms with Gasteiger partial charge in [0.15, 0.2) is 0 Å². The van der Waals surface area contributed by atoms with Gasteiger partial charge in [-0.25, -0.2) is 19.4 Å². The Bertz CT molecular complexity index is 1130. The van der Waals surface area contributed by atoms with Gasteiger partial charge >= 0.3 is 36.4 Å². The SMILES string of the molecule is O=C(O)C(F)(F)F.O=C(O)C(F)(F)F.O=C(O)C(F)(F)F.c1cncc(CN2CCC3(CC2)CN(Cc2nccs2)CCO3)c1. The Kier molecular flexibility index (Phi) is 15.1. The first-order valence-electron chi connectivity index (χ1n) is 12.4. The molecule has 0 aromatic carbocycles. The van der Waals surface area contributed by atoms with Crippen LogP contribution in [0.3, 0.4) is 0 Å². The van der Waals surface area contributed by atoms with Crippen molar-refractivity contribution in [1.29, 1.82) is 0 Å². The molecule has 45 heavy (non-hydrogen) atoms. The summed E-state index contributed by atoms with van der Waals surface area (Å²) in [4.78, 5) is 40.4. The van der Waals surface area contributed by atoms with Crippen molar-refractivity contribution in [3.63, 3.8) is 0 Å². The lowest BCUT2D eigenvalue weighted by molar-refractivity contribution is -0.193. The molecular formula is C24H27F9N4O7S. The zero-order chi connectivity index (χ0) is 34.5. The van der Waals surface area contributed by atoms with E-state index >= 15 is 0 Å². The lowest BCUT2D eigenvalue weighted by Gasteiger charge is -2.47. The predicted octanol–water partition coefficient (Wildman–Crippen LogP) is 4.31. The first-order chi connectivity index (χ1) is 20.6. The van der Waals surface area contributed by atoms with Crippen LogP contribution in [-0.2, 0) is 32.2 Å². The number of rotatable bonds is 4. The number of morpholine rings is 1. The van der Waals surface area contributed by atoms with E-state index in [1.807, 2.05) is 24.7 Å². The van der Waals surface area contributed by atoms with Crippen molar-refractivity contribution in [2.45, 2.75) is 50.1 Å². The van der Waals surface area contributed by atoms with Crippen LogP contribution < -0.4 is 0 Å². The number of hydrogen-bond acceptors (Lipinski definition) is 9. The summed E-state index contributed by atoms with van der Waals surface area (Å²) in [5.74, 6) is -8.27. The lowest BCUT2D eigenvalue weighted by Crippen LogP contribution is -2.56. The summed E-state index contributed by atoms with van der Waals surface area (Å²) in [5.41, 5.74) is 1.34. The van der Waals surface area contributed by atoms with Crippen LogP contribution in [0.1, 0.15) is 23.4 Å². The molecule has 21 heteroatoms. The van der Waals surface area contributed by atoms with E-state index in [9.17, 15) is 39.5 Å². The highest BCUT2D eigenvalue weighted by atomic mass is 32.1. The van der Waals surface area contributed by atoms with Crippen LogP contribution in [0.5, 0.6) is 0 Å². The number of halogens is 9. The number of pyridine rings is 1. The van der Waals surface area contributed by atoms with E-state index in [4.69, 9.17) is 34.4 Å². The molecule has 254 valence electrons. The van der Waals surface area contributed by atoms with Gasteiger partial charge in [-0.1, -0.05) is 6.07 Å². The molecule has 4 rings (SSSR count). The van der Waals surface area contributed by atoms with E-state index in [1.165, 1.54) is 10.6 Å². The first-order valence-corrected chi connectivity index (χ1v) is 13.3. The third kappa shape index (κ3) is 15.8. The highest BCUT2D eigenvalue weighted by Gasteiger charge is 2.41. The van der Waals surface area contributed by atoms with Crippen molar-refractivity contribution in [3.05, 3.63) is 46.7 Å². The van der Waals surface area contributed by atoms with Crippen molar-refractivity contribution in [2.24, 2.45) is 0 Å². The topological polar surface area (TPSA) is 153 Å². The number of carboxylic acid groups (broad SMARTS) is 3. The molecule has 2 aromatic heterocycles. The van der Waals surface area contributed by atoms with Crippen LogP contribution in [-0.4, -0.2) is 110 Å². The molecule has 0 aliphatic carbocycles. The minimum Gasteiger partial charge on any atom is -0.475 e. The van der Waals surface area contributed by atoms with Gasteiger partial charge in [-0.2, -0.15) is 39.5 Å². The number of aliphatic carboxylic acids is 3. The molecule has 0 radical (unpaired) electrons. The molecule has 2 saturated heterocycles. The summed E-state index contributed by atoms with van der Waals surface area (Å²) in [6.07, 6.45) is -7.32. The van der Waals surface area contributed by atoms with Gasteiger partial charge in [-0.3, -0.25) is 14.8 Å². The third-order valence-corrected chi connectivity index (χ3v) is 6.56. The number of likely N-dealkylation sites (tertiary alicyclic amines) is 1. The number of carbonyl (C=O) groups is 3. The summed E-state index contributed by atoms with van der Waals surface area (Å²) in [6, 6.07) is 4.17. The Morgan fingerprint density at radius 1 is 0.822 bits per heavy atom. The van der Waals surface area contributed by atoms with Crippen LogP contribution in [0, 0.1) is 0 Å². The second-order valence-electron chi connectivity index (χ2n) is 9.21. The van der Waals surface area contributed by atoms with E-state index in [-0.39, 0.29) is 5.60 Å². The first kappa shape index (κ1) is 39.5. The van der Waals surface area contributed by atoms with Crippen LogP contribution in [0.25, 0.3) is 0 Å². The molecule has 3 N–H and O–H groups in total. The van der Waals surface area contributed by atoms with Crippen molar-refractivity contribution < 1.29 is 74.0 Å². The smallest absolute Gasteiger partial charge is 0.475 e. The number of nitrogens with zero attached hydrogens (tertiary/aromatic N) is 4. The Balaban J connectivity index is 0.000000396. The molecule has 2 aliphatic rings. The van der Waals surface area contributed by atoms with Crippen molar-refractivity contribution in [2.75, 3.05) is 32.8 Å². The van der Waals surface area contributed by atoms with E-state index < -0.39 is 36.4 Å². The van der Waals surface area contributed by atoms with Gasteiger partial charge in [-0.15, -0.1) is 11.3 Å². The van der Waals surface area contributed by atoms with Crippen LogP contribution in [0.15, 0.2) is 36.1 Å². The van der Waals surface area contributed by atoms with Gasteiger partial charge in [0.2, 0.25) is 0 Å². The number of piperidine rings is 1. The highest BCUT2D eigenvalue weighted by Crippen LogP contribution is 2.31. The molecule has 0 atom stereocenters. The summed E-state index contributed by atoms with van der Waals surface area (Å²) in [5, 5.41) is 24.6. The van der Waals surface area contributed by atoms with Crippen molar-refractivity contribution in [3.8, 4) is 0 Å². The number of alkyl halides is 9. The monoisotopic (exact) mass is 686 g/mol. The molecule has 0 amide bonds. The predicted molar refractivity (Wildman–Crippen MR) is 136 cm³/mol. The Morgan fingerprint density at radius 2 is 1.33 bits per heavy atom. The number of carboxylic acids is 3. The fourth-order valence-electron chi connectivity index (χ4n) is 3.75. The number of aromatic nitrogens is 2. The van der Waals surface area contributed by atoms with Crippen LogP contribution in [0.4, 0.5) is 39.5 Å². The number of thiazole rings is 1. The Hall–Kier alpha value is -3.56. The van der Waals surface area contributed by atoms with Crippen molar-refractivity contribution in [1.82, 2.24) is 19.8 Å². The molecule has 2 fully saturated rings. The van der Waals surface area contributed by atoms with Crippen LogP contribution >= 0.6 is 11.3 Å². The van der Waals surface area contributed by atoms with Gasteiger partial charge in [0, 0.05) is 56.7 Å². The Morgan fingerprint density at radius 3 is 1.73 bits per heavy atom. The summed E-state index contributed by atoms with van der Waals surface area (Å²) in [7, 11) is 0. The molecule has 11 nitrogen and oxygen atoms in total. The molecule has 0 bridgehead atoms. The summed E-state index contributed by atoms with van der Waals surface area (Å²) < 4.78 is 101. The van der Waals surface area contributed by atoms with E-state index in [0.717, 1.165) is 58.7 Å². The summed E-state index contributed by atoms with van der Waals surface area (Å²) in [6.45, 7) is 7.04. The third-order valence-electron chi connectivity index (χ3n) is 5.79. The van der Waals surface area contributed by atoms with Gasteiger partial charge in [-0.05, 0) is 24.5 Å². The maximum atomic E-state index is 10.6. The minimum atomic E-state index is -5.08. The average molecular weight is 687 g/mol. The van der Waals surface area contributed by atoms with Crippen LogP contribution in [0.2, 0.25) is 0 Å². The average Bonchev–Trinajstić information content (AvgIpc) is 3.43. The maximum Gasteiger partial charge on any atom is 0.490 e.